The van der Waals surface area contributed by atoms with Gasteiger partial charge < -0.3 is 10.2 Å². The zero-order chi connectivity index (χ0) is 16.7. The van der Waals surface area contributed by atoms with Gasteiger partial charge in [-0.25, -0.2) is 19.3 Å². The predicted molar refractivity (Wildman–Crippen MR) is 61.3 cm³/mol. The van der Waals surface area contributed by atoms with Gasteiger partial charge in [0.15, 0.2) is 0 Å². The summed E-state index contributed by atoms with van der Waals surface area (Å²) in [5, 5.41) is 18.4. The van der Waals surface area contributed by atoms with Crippen LogP contribution in [0.25, 0.3) is 0 Å². The number of hydroxylamine groups is 2. The Balaban J connectivity index is 2.50. The van der Waals surface area contributed by atoms with E-state index in [0.717, 1.165) is 0 Å². The number of nitrogens with zero attached hydrogens (tertiary/aromatic N) is 2. The second-order valence-corrected chi connectivity index (χ2v) is 4.55. The first-order chi connectivity index (χ1) is 10.2. The summed E-state index contributed by atoms with van der Waals surface area (Å²) in [6.45, 7) is 0. The minimum Gasteiger partial charge on any atom is -0.477 e. The molecule has 0 spiro atoms. The monoisotopic (exact) mass is 314 g/mol. The maximum Gasteiger partial charge on any atom is 0.372 e. The highest BCUT2D eigenvalue weighted by Gasteiger charge is 2.63. The molecule has 0 aromatic heterocycles. The second-order valence-electron chi connectivity index (χ2n) is 4.55. The fourth-order valence-electron chi connectivity index (χ4n) is 2.12. The molecule has 22 heavy (non-hydrogen) atoms. The molecule has 2 heterocycles. The van der Waals surface area contributed by atoms with Crippen molar-refractivity contribution >= 4 is 35.6 Å². The summed E-state index contributed by atoms with van der Waals surface area (Å²) in [5.74, 6) is -8.53. The van der Waals surface area contributed by atoms with Crippen LogP contribution in [0.2, 0.25) is 0 Å². The van der Waals surface area contributed by atoms with Crippen molar-refractivity contribution in [2.75, 3.05) is 0 Å². The maximum atomic E-state index is 11.7. The van der Waals surface area contributed by atoms with Crippen molar-refractivity contribution in [2.45, 2.75) is 31.4 Å². The van der Waals surface area contributed by atoms with Crippen molar-refractivity contribution < 1.29 is 43.8 Å². The van der Waals surface area contributed by atoms with E-state index in [9.17, 15) is 39.0 Å². The van der Waals surface area contributed by atoms with Gasteiger partial charge in [-0.3, -0.25) is 19.2 Å². The molecular weight excluding hydrogens is 304 g/mol. The zero-order valence-electron chi connectivity index (χ0n) is 11.0. The first-order valence-electron chi connectivity index (χ1n) is 6.09. The molecule has 11 nitrogen and oxygen atoms in total. The van der Waals surface area contributed by atoms with Crippen molar-refractivity contribution in [3.8, 4) is 0 Å². The van der Waals surface area contributed by atoms with Crippen LogP contribution in [0, 0.1) is 0 Å². The summed E-state index contributed by atoms with van der Waals surface area (Å²) in [5.41, 5.74) is -3.50. The fraction of sp³-hybridized carbons (Fsp3) is 0.455. The molecule has 118 valence electrons. The maximum absolute atomic E-state index is 11.7. The third kappa shape index (κ3) is 2.11. The van der Waals surface area contributed by atoms with Crippen LogP contribution in [-0.4, -0.2) is 61.5 Å². The number of carbonyl (C=O) groups is 6. The molecule has 2 N–H and O–H groups in total. The number of carboxylic acids is 2. The Kier molecular flexibility index (Phi) is 3.67. The fourth-order valence-corrected chi connectivity index (χ4v) is 2.12. The number of imide groups is 2. The first kappa shape index (κ1) is 15.6. The molecule has 2 aliphatic heterocycles. The Bertz CT molecular complexity index is 565. The molecule has 4 amide bonds. The third-order valence-electron chi connectivity index (χ3n) is 3.18. The van der Waals surface area contributed by atoms with Gasteiger partial charge in [0.25, 0.3) is 11.8 Å². The lowest BCUT2D eigenvalue weighted by atomic mass is 10.2. The minimum atomic E-state index is -3.50. The van der Waals surface area contributed by atoms with Gasteiger partial charge in [0, 0.05) is 25.7 Å². The molecule has 0 aromatic rings. The van der Waals surface area contributed by atoms with Crippen molar-refractivity contribution in [3.05, 3.63) is 0 Å². The largest absolute Gasteiger partial charge is 0.477 e. The molecular formula is C11H10N2O9. The summed E-state index contributed by atoms with van der Waals surface area (Å²) in [6, 6.07) is 0. The Morgan fingerprint density at radius 3 is 1.55 bits per heavy atom. The van der Waals surface area contributed by atoms with Crippen LogP contribution >= 0.6 is 0 Å². The molecule has 0 aromatic carbocycles. The molecule has 2 saturated heterocycles. The lowest BCUT2D eigenvalue weighted by molar-refractivity contribution is -0.264. The minimum absolute atomic E-state index is 0.0267. The number of amides is 4. The highest BCUT2D eigenvalue weighted by atomic mass is 16.7. The molecule has 0 saturated carbocycles. The molecule has 0 unspecified atom stereocenters. The van der Waals surface area contributed by atoms with Crippen molar-refractivity contribution in [1.29, 1.82) is 0 Å². The van der Waals surface area contributed by atoms with E-state index in [0.29, 0.717) is 0 Å². The number of carboxylic acid groups (broad SMARTS) is 2. The van der Waals surface area contributed by atoms with Gasteiger partial charge in [-0.05, 0) is 0 Å². The van der Waals surface area contributed by atoms with Crippen molar-refractivity contribution in [3.63, 3.8) is 0 Å². The van der Waals surface area contributed by atoms with Gasteiger partial charge in [-0.2, -0.15) is 0 Å². The van der Waals surface area contributed by atoms with E-state index in [1.165, 1.54) is 0 Å². The van der Waals surface area contributed by atoms with Crippen LogP contribution in [0.3, 0.4) is 0 Å². The SMILES string of the molecule is O=C1CCC(=O)N1OC(C(=O)O)(C(=O)O)N1C(=O)CCC1=O. The lowest BCUT2D eigenvalue weighted by Gasteiger charge is -2.33. The van der Waals surface area contributed by atoms with Crippen molar-refractivity contribution in [2.24, 2.45) is 0 Å². The van der Waals surface area contributed by atoms with E-state index >= 15 is 0 Å². The van der Waals surface area contributed by atoms with Crippen LogP contribution in [0.15, 0.2) is 0 Å². The molecule has 0 atom stereocenters. The average Bonchev–Trinajstić information content (AvgIpc) is 2.91. The summed E-state index contributed by atoms with van der Waals surface area (Å²) in [6.07, 6.45) is -1.38. The van der Waals surface area contributed by atoms with Gasteiger partial charge in [-0.1, -0.05) is 0 Å². The lowest BCUT2D eigenvalue weighted by Crippen LogP contribution is -2.66. The van der Waals surface area contributed by atoms with Crippen LogP contribution in [0.4, 0.5) is 0 Å². The van der Waals surface area contributed by atoms with E-state index < -0.39 is 54.1 Å². The second kappa shape index (κ2) is 5.18. The average molecular weight is 314 g/mol. The topological polar surface area (TPSA) is 159 Å². The number of aliphatic carboxylic acids is 2. The van der Waals surface area contributed by atoms with E-state index in [2.05, 4.69) is 4.84 Å². The molecule has 2 aliphatic rings. The first-order valence-corrected chi connectivity index (χ1v) is 6.09. The highest BCUT2D eigenvalue weighted by Crippen LogP contribution is 2.29. The van der Waals surface area contributed by atoms with E-state index in [1.54, 1.807) is 0 Å². The molecule has 0 aliphatic carbocycles. The van der Waals surface area contributed by atoms with E-state index in [-0.39, 0.29) is 22.8 Å². The quantitative estimate of drug-likeness (QED) is 0.435. The number of likely N-dealkylation sites (tertiary alicyclic amines) is 1. The van der Waals surface area contributed by atoms with Gasteiger partial charge in [0.05, 0.1) is 0 Å². The van der Waals surface area contributed by atoms with Gasteiger partial charge in [-0.15, -0.1) is 5.06 Å². The van der Waals surface area contributed by atoms with Crippen molar-refractivity contribution in [1.82, 2.24) is 9.96 Å². The van der Waals surface area contributed by atoms with Gasteiger partial charge in [0.1, 0.15) is 0 Å². The molecule has 0 radical (unpaired) electrons. The van der Waals surface area contributed by atoms with Crippen LogP contribution in [0.1, 0.15) is 25.7 Å². The molecule has 2 fully saturated rings. The predicted octanol–water partition coefficient (Wildman–Crippen LogP) is -1.92. The van der Waals surface area contributed by atoms with Crippen LogP contribution in [0.5, 0.6) is 0 Å². The zero-order valence-corrected chi connectivity index (χ0v) is 11.0. The van der Waals surface area contributed by atoms with Gasteiger partial charge in [0.2, 0.25) is 11.8 Å². The number of rotatable bonds is 5. The normalized spacial score (nSPS) is 19.3. The van der Waals surface area contributed by atoms with Crippen LogP contribution < -0.4 is 0 Å². The number of hydrogen-bond acceptors (Lipinski definition) is 7. The summed E-state index contributed by atoms with van der Waals surface area (Å²) < 4.78 is 0. The Hall–Kier alpha value is -2.82. The van der Waals surface area contributed by atoms with Gasteiger partial charge >= 0.3 is 17.7 Å². The smallest absolute Gasteiger partial charge is 0.372 e. The highest BCUT2D eigenvalue weighted by molar-refractivity contribution is 6.14. The molecule has 11 heteroatoms. The Labute approximate surface area is 122 Å². The third-order valence-corrected chi connectivity index (χ3v) is 3.18. The Morgan fingerprint density at radius 2 is 1.18 bits per heavy atom. The summed E-state index contributed by atoms with van der Waals surface area (Å²) in [4.78, 5) is 73.7. The van der Waals surface area contributed by atoms with E-state index in [4.69, 9.17) is 0 Å². The standard InChI is InChI=1S/C11H10N2O9/c14-5-1-2-6(15)12(5)11(9(18)19,10(20)21)22-13-7(16)3-4-8(13)17/h1-4H2,(H,18,19)(H,20,21). The number of hydrogen-bond donors (Lipinski definition) is 2. The number of carbonyl (C=O) groups excluding carboxylic acids is 4. The van der Waals surface area contributed by atoms with Crippen LogP contribution in [-0.2, 0) is 33.6 Å². The Morgan fingerprint density at radius 1 is 0.818 bits per heavy atom. The summed E-state index contributed by atoms with van der Waals surface area (Å²) >= 11 is 0. The summed E-state index contributed by atoms with van der Waals surface area (Å²) in [7, 11) is 0. The molecule has 0 bridgehead atoms. The van der Waals surface area contributed by atoms with E-state index in [1.807, 2.05) is 0 Å². The molecule has 2 rings (SSSR count).